The largest absolute Gasteiger partial charge is 0.403 e. The van der Waals surface area contributed by atoms with Crippen LogP contribution < -0.4 is 0 Å². The highest BCUT2D eigenvalue weighted by Crippen LogP contribution is 2.70. The molecule has 4 bridgehead atoms. The lowest BCUT2D eigenvalue weighted by atomic mass is 10.2. The van der Waals surface area contributed by atoms with Gasteiger partial charge in [-0.1, -0.05) is 26.2 Å². The summed E-state index contributed by atoms with van der Waals surface area (Å²) in [6, 6.07) is 0. The Morgan fingerprint density at radius 2 is 0.923 bits per heavy atom. The molecule has 6 nitrogen and oxygen atoms in total. The second kappa shape index (κ2) is 4.39. The predicted octanol–water partition coefficient (Wildman–Crippen LogP) is 2.30. The number of hydrogen-bond donors (Lipinski definition) is 0. The number of alkyl halides is 11. The average molecular weight is 408 g/mol. The second-order valence-corrected chi connectivity index (χ2v) is 5.04. The second-order valence-electron chi connectivity index (χ2n) is 5.04. The molecule has 0 N–H and O–H groups in total. The van der Waals surface area contributed by atoms with E-state index in [0.717, 1.165) is 0 Å². The van der Waals surface area contributed by atoms with Crippen molar-refractivity contribution in [3.05, 3.63) is 12.7 Å². The number of carbonyl (C=O) groups is 1. The molecule has 0 amide bonds. The summed E-state index contributed by atoms with van der Waals surface area (Å²) in [7, 11) is 0. The molecule has 0 spiro atoms. The molecule has 4 fully saturated rings. The Morgan fingerprint density at radius 1 is 0.654 bits per heavy atom. The third kappa shape index (κ3) is 1.69. The van der Waals surface area contributed by atoms with Crippen LogP contribution in [0, 0.1) is 0 Å². The lowest BCUT2D eigenvalue weighted by molar-refractivity contribution is -0.717. The van der Waals surface area contributed by atoms with Crippen LogP contribution in [0.15, 0.2) is 12.7 Å². The molecular weight excluding hydrogens is 405 g/mol. The van der Waals surface area contributed by atoms with Crippen LogP contribution in [-0.2, 0) is 9.53 Å². The number of rotatable bonds is 2. The molecule has 4 rings (SSSR count). The van der Waals surface area contributed by atoms with E-state index in [0.29, 0.717) is 0 Å². The van der Waals surface area contributed by atoms with Crippen molar-refractivity contribution in [2.45, 2.75) is 37.0 Å². The van der Waals surface area contributed by atoms with Gasteiger partial charge in [-0.2, -0.15) is 48.3 Å². The fraction of sp³-hybridized carbons (Fsp3) is 0.667. The van der Waals surface area contributed by atoms with Gasteiger partial charge in [-0.25, -0.2) is 4.79 Å². The number of halogens is 11. The molecule has 0 aromatic carbocycles. The minimum atomic E-state index is -6.35. The minimum Gasteiger partial charge on any atom is -0.397 e. The molecule has 0 aromatic heterocycles. The Balaban J connectivity index is 2.38. The Morgan fingerprint density at radius 3 is 1.19 bits per heavy atom. The topological polar surface area (TPSA) is 39.3 Å². The first-order valence-corrected chi connectivity index (χ1v) is 6.07. The molecule has 17 heteroatoms. The highest BCUT2D eigenvalue weighted by atomic mass is 19.3. The summed E-state index contributed by atoms with van der Waals surface area (Å²) >= 11 is 0. The van der Waals surface area contributed by atoms with Gasteiger partial charge < -0.3 is 4.74 Å². The van der Waals surface area contributed by atoms with Gasteiger partial charge in [-0.15, -0.1) is 0 Å². The fourth-order valence-electron chi connectivity index (χ4n) is 2.82. The zero-order valence-corrected chi connectivity index (χ0v) is 11.5. The van der Waals surface area contributed by atoms with E-state index in [-0.39, 0.29) is 6.08 Å². The van der Waals surface area contributed by atoms with Crippen molar-refractivity contribution >= 4 is 5.97 Å². The molecular formula is C9H3F11N4O2. The first-order chi connectivity index (χ1) is 11.4. The van der Waals surface area contributed by atoms with Gasteiger partial charge in [0, 0.05) is 6.08 Å². The van der Waals surface area contributed by atoms with Crippen molar-refractivity contribution in [1.82, 2.24) is 19.6 Å². The van der Waals surface area contributed by atoms with Gasteiger partial charge in [0.15, 0.2) is 0 Å². The molecule has 148 valence electrons. The van der Waals surface area contributed by atoms with E-state index in [1.807, 2.05) is 0 Å². The van der Waals surface area contributed by atoms with Crippen molar-refractivity contribution in [2.75, 3.05) is 0 Å². The van der Waals surface area contributed by atoms with Crippen molar-refractivity contribution in [3.63, 3.8) is 0 Å². The molecule has 26 heavy (non-hydrogen) atoms. The summed E-state index contributed by atoms with van der Waals surface area (Å²) in [4.78, 5) is 0.774. The SMILES string of the molecule is C=CC(=O)OC1(F)N2C(F)(F)N3C(F)(F)N(C2(F)F)C(F)(F)N1C3(F)F. The molecule has 4 aliphatic heterocycles. The van der Waals surface area contributed by atoms with Crippen molar-refractivity contribution in [3.8, 4) is 0 Å². The summed E-state index contributed by atoms with van der Waals surface area (Å²) < 4.78 is 157. The average Bonchev–Trinajstić information content (AvgIpc) is 2.28. The van der Waals surface area contributed by atoms with E-state index < -0.39 is 62.5 Å². The summed E-state index contributed by atoms with van der Waals surface area (Å²) in [5.41, 5.74) is 0. The van der Waals surface area contributed by atoms with E-state index in [4.69, 9.17) is 0 Å². The van der Waals surface area contributed by atoms with Crippen LogP contribution in [0.1, 0.15) is 0 Å². The lowest BCUT2D eigenvalue weighted by Gasteiger charge is -2.70. The molecule has 0 aromatic rings. The number of ether oxygens (including phenoxy) is 1. The van der Waals surface area contributed by atoms with Crippen LogP contribution in [0.4, 0.5) is 48.3 Å². The number of esters is 1. The molecule has 0 radical (unpaired) electrons. The molecule has 4 heterocycles. The van der Waals surface area contributed by atoms with Crippen LogP contribution in [-0.4, -0.2) is 62.5 Å². The molecule has 0 atom stereocenters. The summed E-state index contributed by atoms with van der Waals surface area (Å²) in [6.45, 7) is 2.57. The summed E-state index contributed by atoms with van der Waals surface area (Å²) in [5, 5.41) is 0. The van der Waals surface area contributed by atoms with E-state index >= 15 is 0 Å². The standard InChI is InChI=1S/C9H3F11N4O2/c1-2-3(25)26-9(20)23-5(12,13)21-4(10,11)22(7(23,16)17)8(18,19)24(9)6(21,14)15/h2H,1H2. The highest BCUT2D eigenvalue weighted by Gasteiger charge is 3.00. The van der Waals surface area contributed by atoms with Crippen LogP contribution in [0.3, 0.4) is 0 Å². The Hall–Kier alpha value is -1.72. The van der Waals surface area contributed by atoms with Crippen molar-refractivity contribution in [2.24, 2.45) is 0 Å². The van der Waals surface area contributed by atoms with Crippen molar-refractivity contribution < 1.29 is 57.8 Å². The summed E-state index contributed by atoms with van der Waals surface area (Å²) in [6.07, 6.45) is -37.4. The first kappa shape index (κ1) is 19.1. The molecule has 0 aliphatic carbocycles. The minimum absolute atomic E-state index is 0.115. The maximum absolute atomic E-state index is 14.7. The van der Waals surface area contributed by atoms with Gasteiger partial charge in [0.25, 0.3) is 0 Å². The van der Waals surface area contributed by atoms with E-state index in [9.17, 15) is 53.1 Å². The maximum atomic E-state index is 14.7. The Labute approximate surface area is 134 Å². The number of nitrogens with zero attached hydrogens (tertiary/aromatic N) is 4. The van der Waals surface area contributed by atoms with Crippen LogP contribution in [0.5, 0.6) is 0 Å². The van der Waals surface area contributed by atoms with Gasteiger partial charge in [-0.3, -0.25) is 0 Å². The van der Waals surface area contributed by atoms with Crippen molar-refractivity contribution in [1.29, 1.82) is 0 Å². The van der Waals surface area contributed by atoms with E-state index in [2.05, 4.69) is 11.3 Å². The normalized spacial score (nSPS) is 45.2. The van der Waals surface area contributed by atoms with Gasteiger partial charge >= 0.3 is 42.9 Å². The van der Waals surface area contributed by atoms with Gasteiger partial charge in [0.05, 0.1) is 0 Å². The monoisotopic (exact) mass is 408 g/mol. The van der Waals surface area contributed by atoms with Crippen LogP contribution in [0.2, 0.25) is 0 Å². The third-order valence-corrected chi connectivity index (χ3v) is 3.64. The Bertz CT molecular complexity index is 623. The van der Waals surface area contributed by atoms with Crippen LogP contribution in [0.25, 0.3) is 0 Å². The van der Waals surface area contributed by atoms with Gasteiger partial charge in [-0.05, 0) is 0 Å². The highest BCUT2D eigenvalue weighted by molar-refractivity contribution is 5.81. The zero-order valence-electron chi connectivity index (χ0n) is 11.5. The van der Waals surface area contributed by atoms with E-state index in [1.54, 1.807) is 0 Å². The maximum Gasteiger partial charge on any atom is 0.403 e. The smallest absolute Gasteiger partial charge is 0.397 e. The predicted molar refractivity (Wildman–Crippen MR) is 52.2 cm³/mol. The zero-order chi connectivity index (χ0) is 20.3. The Kier molecular flexibility index (Phi) is 3.22. The molecule has 4 saturated heterocycles. The third-order valence-electron chi connectivity index (χ3n) is 3.64. The molecule has 0 unspecified atom stereocenters. The van der Waals surface area contributed by atoms with E-state index in [1.165, 1.54) is 0 Å². The fourth-order valence-corrected chi connectivity index (χ4v) is 2.82. The van der Waals surface area contributed by atoms with Gasteiger partial charge in [0.1, 0.15) is 0 Å². The quantitative estimate of drug-likeness (QED) is 0.302. The number of carbonyl (C=O) groups excluding carboxylic acids is 1. The number of hydrogen-bond acceptors (Lipinski definition) is 6. The van der Waals surface area contributed by atoms with Crippen LogP contribution >= 0.6 is 0 Å². The molecule has 0 saturated carbocycles. The lowest BCUT2D eigenvalue weighted by Crippen LogP contribution is -3.02. The molecule has 4 aliphatic rings. The van der Waals surface area contributed by atoms with Gasteiger partial charge in [0.2, 0.25) is 0 Å². The summed E-state index contributed by atoms with van der Waals surface area (Å²) in [5.74, 6) is -2.30. The first-order valence-electron chi connectivity index (χ1n) is 6.07.